The zero-order valence-electron chi connectivity index (χ0n) is 12.3. The molecule has 1 amide bonds. The summed E-state index contributed by atoms with van der Waals surface area (Å²) in [6, 6.07) is 10.5. The van der Waals surface area contributed by atoms with Crippen LogP contribution in [0.3, 0.4) is 0 Å². The number of hydrogen-bond donors (Lipinski definition) is 1. The van der Waals surface area contributed by atoms with Gasteiger partial charge in [0.05, 0.1) is 6.61 Å². The third-order valence-corrected chi connectivity index (χ3v) is 3.29. The van der Waals surface area contributed by atoms with Gasteiger partial charge in [-0.15, -0.1) is 0 Å². The standard InChI is InChI=1S/C16H20N2O3/c1-17(12-13-5-7-14(19)8-6-13)16(20)15-4-3-9-18(15)10-11-21-2/h3-9,19H,10-12H2,1-2H3. The zero-order chi connectivity index (χ0) is 15.2. The first-order valence-electron chi connectivity index (χ1n) is 6.79. The van der Waals surface area contributed by atoms with Crippen LogP contribution < -0.4 is 0 Å². The van der Waals surface area contributed by atoms with E-state index in [1.54, 1.807) is 31.2 Å². The lowest BCUT2D eigenvalue weighted by atomic mass is 10.2. The Balaban J connectivity index is 2.05. The normalized spacial score (nSPS) is 10.6. The highest BCUT2D eigenvalue weighted by Crippen LogP contribution is 2.13. The number of aromatic nitrogens is 1. The second-order valence-corrected chi connectivity index (χ2v) is 4.91. The number of ether oxygens (including phenoxy) is 1. The molecule has 1 N–H and O–H groups in total. The second kappa shape index (κ2) is 6.95. The van der Waals surface area contributed by atoms with Gasteiger partial charge in [0, 0.05) is 33.4 Å². The summed E-state index contributed by atoms with van der Waals surface area (Å²) >= 11 is 0. The molecule has 0 saturated heterocycles. The van der Waals surface area contributed by atoms with Gasteiger partial charge in [0.2, 0.25) is 0 Å². The highest BCUT2D eigenvalue weighted by molar-refractivity contribution is 5.92. The summed E-state index contributed by atoms with van der Waals surface area (Å²) in [7, 11) is 3.41. The van der Waals surface area contributed by atoms with Crippen molar-refractivity contribution in [2.45, 2.75) is 13.1 Å². The molecule has 5 nitrogen and oxygen atoms in total. The number of aromatic hydroxyl groups is 1. The number of hydrogen-bond acceptors (Lipinski definition) is 3. The van der Waals surface area contributed by atoms with E-state index < -0.39 is 0 Å². The van der Waals surface area contributed by atoms with Crippen molar-refractivity contribution in [3.05, 3.63) is 53.9 Å². The molecule has 0 aliphatic rings. The van der Waals surface area contributed by atoms with Gasteiger partial charge in [-0.1, -0.05) is 12.1 Å². The summed E-state index contributed by atoms with van der Waals surface area (Å²) in [5, 5.41) is 9.27. The minimum atomic E-state index is -0.0378. The summed E-state index contributed by atoms with van der Waals surface area (Å²) in [4.78, 5) is 14.1. The Kier molecular flexibility index (Phi) is 5.00. The molecule has 0 unspecified atom stereocenters. The van der Waals surface area contributed by atoms with Gasteiger partial charge in [-0.3, -0.25) is 4.79 Å². The van der Waals surface area contributed by atoms with Crippen LogP contribution >= 0.6 is 0 Å². The Labute approximate surface area is 124 Å². The quantitative estimate of drug-likeness (QED) is 0.885. The van der Waals surface area contributed by atoms with Crippen LogP contribution in [-0.4, -0.2) is 41.2 Å². The fourth-order valence-corrected chi connectivity index (χ4v) is 2.14. The van der Waals surface area contributed by atoms with E-state index in [-0.39, 0.29) is 11.7 Å². The molecule has 0 radical (unpaired) electrons. The highest BCUT2D eigenvalue weighted by Gasteiger charge is 2.15. The number of phenolic OH excluding ortho intramolecular Hbond substituents is 1. The van der Waals surface area contributed by atoms with E-state index in [0.717, 1.165) is 5.56 Å². The lowest BCUT2D eigenvalue weighted by Gasteiger charge is -2.18. The fraction of sp³-hybridized carbons (Fsp3) is 0.312. The van der Waals surface area contributed by atoms with Crippen molar-refractivity contribution in [3.63, 3.8) is 0 Å². The molecule has 1 aromatic heterocycles. The average molecular weight is 288 g/mol. The van der Waals surface area contributed by atoms with Crippen LogP contribution in [-0.2, 0) is 17.8 Å². The third kappa shape index (κ3) is 3.86. The molecule has 0 saturated carbocycles. The van der Waals surface area contributed by atoms with Gasteiger partial charge in [-0.2, -0.15) is 0 Å². The Morgan fingerprint density at radius 2 is 2.00 bits per heavy atom. The molecule has 2 rings (SSSR count). The van der Waals surface area contributed by atoms with E-state index in [2.05, 4.69) is 0 Å². The molecule has 112 valence electrons. The Morgan fingerprint density at radius 1 is 1.29 bits per heavy atom. The van der Waals surface area contributed by atoms with Crippen molar-refractivity contribution in [1.29, 1.82) is 0 Å². The summed E-state index contributed by atoms with van der Waals surface area (Å²) in [6.07, 6.45) is 1.88. The molecular weight excluding hydrogens is 268 g/mol. The van der Waals surface area contributed by atoms with Crippen LogP contribution in [0.1, 0.15) is 16.1 Å². The Morgan fingerprint density at radius 3 is 2.67 bits per heavy atom. The van der Waals surface area contributed by atoms with E-state index in [1.807, 2.05) is 35.0 Å². The maximum atomic E-state index is 12.5. The summed E-state index contributed by atoms with van der Waals surface area (Å²) < 4.78 is 6.94. The van der Waals surface area contributed by atoms with E-state index in [9.17, 15) is 9.90 Å². The molecule has 1 aromatic carbocycles. The molecule has 21 heavy (non-hydrogen) atoms. The first kappa shape index (κ1) is 15.1. The van der Waals surface area contributed by atoms with Crippen LogP contribution in [0.25, 0.3) is 0 Å². The molecule has 1 heterocycles. The third-order valence-electron chi connectivity index (χ3n) is 3.29. The molecule has 0 aliphatic heterocycles. The topological polar surface area (TPSA) is 54.7 Å². The molecule has 5 heteroatoms. The van der Waals surface area contributed by atoms with Crippen molar-refractivity contribution < 1.29 is 14.6 Å². The maximum Gasteiger partial charge on any atom is 0.270 e. The average Bonchev–Trinajstić information content (AvgIpc) is 2.95. The van der Waals surface area contributed by atoms with Crippen LogP contribution in [0.4, 0.5) is 0 Å². The maximum absolute atomic E-state index is 12.5. The molecule has 0 fully saturated rings. The van der Waals surface area contributed by atoms with Crippen LogP contribution in [0.2, 0.25) is 0 Å². The van der Waals surface area contributed by atoms with Gasteiger partial charge in [-0.05, 0) is 29.8 Å². The number of carbonyl (C=O) groups is 1. The number of benzene rings is 1. The number of rotatable bonds is 6. The number of methoxy groups -OCH3 is 1. The van der Waals surface area contributed by atoms with Crippen molar-refractivity contribution in [2.75, 3.05) is 20.8 Å². The number of carbonyl (C=O) groups excluding carboxylic acids is 1. The largest absolute Gasteiger partial charge is 0.508 e. The molecule has 0 atom stereocenters. The van der Waals surface area contributed by atoms with Crippen LogP contribution in [0.15, 0.2) is 42.6 Å². The van der Waals surface area contributed by atoms with Gasteiger partial charge < -0.3 is 19.3 Å². The van der Waals surface area contributed by atoms with Gasteiger partial charge in [0.25, 0.3) is 5.91 Å². The smallest absolute Gasteiger partial charge is 0.270 e. The van der Waals surface area contributed by atoms with E-state index in [4.69, 9.17) is 4.74 Å². The van der Waals surface area contributed by atoms with E-state index in [1.165, 1.54) is 0 Å². The summed E-state index contributed by atoms with van der Waals surface area (Å²) in [5.41, 5.74) is 1.62. The Hall–Kier alpha value is -2.27. The molecule has 0 bridgehead atoms. The monoisotopic (exact) mass is 288 g/mol. The van der Waals surface area contributed by atoms with Gasteiger partial charge in [0.15, 0.2) is 0 Å². The van der Waals surface area contributed by atoms with Gasteiger partial charge >= 0.3 is 0 Å². The first-order chi connectivity index (χ1) is 10.1. The van der Waals surface area contributed by atoms with Crippen molar-refractivity contribution >= 4 is 5.91 Å². The van der Waals surface area contributed by atoms with Crippen molar-refractivity contribution in [2.24, 2.45) is 0 Å². The minimum absolute atomic E-state index is 0.0378. The van der Waals surface area contributed by atoms with Crippen molar-refractivity contribution in [3.8, 4) is 5.75 Å². The number of phenols is 1. The summed E-state index contributed by atoms with van der Waals surface area (Å²) in [5.74, 6) is 0.186. The first-order valence-corrected chi connectivity index (χ1v) is 6.79. The lowest BCUT2D eigenvalue weighted by molar-refractivity contribution is 0.0772. The molecular formula is C16H20N2O3. The fourth-order valence-electron chi connectivity index (χ4n) is 2.14. The molecule has 2 aromatic rings. The molecule has 0 aliphatic carbocycles. The second-order valence-electron chi connectivity index (χ2n) is 4.91. The minimum Gasteiger partial charge on any atom is -0.508 e. The van der Waals surface area contributed by atoms with Gasteiger partial charge in [0.1, 0.15) is 11.4 Å². The molecule has 0 spiro atoms. The zero-order valence-corrected chi connectivity index (χ0v) is 12.3. The Bertz CT molecular complexity index is 590. The number of amides is 1. The summed E-state index contributed by atoms with van der Waals surface area (Å²) in [6.45, 7) is 1.71. The SMILES string of the molecule is COCCn1cccc1C(=O)N(C)Cc1ccc(O)cc1. The van der Waals surface area contributed by atoms with Crippen molar-refractivity contribution in [1.82, 2.24) is 9.47 Å². The van der Waals surface area contributed by atoms with Crippen LogP contribution in [0, 0.1) is 0 Å². The predicted octanol–water partition coefficient (Wildman–Crippen LogP) is 2.11. The van der Waals surface area contributed by atoms with Crippen LogP contribution in [0.5, 0.6) is 5.75 Å². The van der Waals surface area contributed by atoms with E-state index >= 15 is 0 Å². The highest BCUT2D eigenvalue weighted by atomic mass is 16.5. The lowest BCUT2D eigenvalue weighted by Crippen LogP contribution is -2.28. The predicted molar refractivity (Wildman–Crippen MR) is 80.2 cm³/mol. The number of nitrogens with zero attached hydrogens (tertiary/aromatic N) is 2. The van der Waals surface area contributed by atoms with Gasteiger partial charge in [-0.25, -0.2) is 0 Å². The van der Waals surface area contributed by atoms with E-state index in [0.29, 0.717) is 25.4 Å².